The number of halogens is 1. The van der Waals surface area contributed by atoms with E-state index in [0.717, 1.165) is 19.4 Å². The zero-order valence-corrected chi connectivity index (χ0v) is 10.4. The van der Waals surface area contributed by atoms with E-state index in [1.807, 2.05) is 4.90 Å². The monoisotopic (exact) mass is 254 g/mol. The van der Waals surface area contributed by atoms with Gasteiger partial charge in [0.1, 0.15) is 11.0 Å². The van der Waals surface area contributed by atoms with Gasteiger partial charge in [0, 0.05) is 18.2 Å². The van der Waals surface area contributed by atoms with Crippen molar-refractivity contribution >= 4 is 23.3 Å². The molecule has 17 heavy (non-hydrogen) atoms. The molecule has 1 aromatic rings. The van der Waals surface area contributed by atoms with Crippen molar-refractivity contribution in [3.8, 4) is 0 Å². The van der Waals surface area contributed by atoms with E-state index < -0.39 is 0 Å². The number of pyridine rings is 1. The lowest BCUT2D eigenvalue weighted by atomic mass is 10.2. The number of hydrazine groups is 1. The maximum absolute atomic E-state index is 12.2. The highest BCUT2D eigenvalue weighted by Gasteiger charge is 2.26. The molecular weight excluding hydrogens is 240 g/mol. The van der Waals surface area contributed by atoms with Crippen molar-refractivity contribution < 1.29 is 4.79 Å². The Balaban J connectivity index is 2.27. The number of nitrogen functional groups attached to an aromatic ring is 1. The summed E-state index contributed by atoms with van der Waals surface area (Å²) >= 11 is 5.84. The van der Waals surface area contributed by atoms with Gasteiger partial charge in [-0.15, -0.1) is 0 Å². The Morgan fingerprint density at radius 2 is 2.41 bits per heavy atom. The van der Waals surface area contributed by atoms with Crippen molar-refractivity contribution in [3.63, 3.8) is 0 Å². The molecule has 2 heterocycles. The molecule has 1 unspecified atom stereocenters. The van der Waals surface area contributed by atoms with Crippen molar-refractivity contribution in [1.29, 1.82) is 0 Å². The van der Waals surface area contributed by atoms with Crippen LogP contribution in [0, 0.1) is 0 Å². The molecule has 2 rings (SSSR count). The first-order chi connectivity index (χ1) is 8.11. The van der Waals surface area contributed by atoms with E-state index in [0.29, 0.717) is 11.4 Å². The molecule has 1 aliphatic rings. The van der Waals surface area contributed by atoms with Crippen molar-refractivity contribution in [1.82, 2.24) is 9.88 Å². The highest BCUT2D eigenvalue weighted by molar-refractivity contribution is 6.29. The molecule has 0 spiro atoms. The van der Waals surface area contributed by atoms with Crippen molar-refractivity contribution in [2.75, 3.05) is 12.0 Å². The number of carbonyl (C=O) groups excluding carboxylic acids is 1. The van der Waals surface area contributed by atoms with Crippen molar-refractivity contribution in [2.24, 2.45) is 5.84 Å². The average molecular weight is 255 g/mol. The van der Waals surface area contributed by atoms with Gasteiger partial charge in [-0.25, -0.2) is 10.8 Å². The number of rotatable bonds is 2. The quantitative estimate of drug-likeness (QED) is 0.478. The lowest BCUT2D eigenvalue weighted by Crippen LogP contribution is -2.33. The lowest BCUT2D eigenvalue weighted by molar-refractivity contribution is 0.0747. The fraction of sp³-hybridized carbons (Fsp3) is 0.455. The van der Waals surface area contributed by atoms with Gasteiger partial charge in [0.05, 0.1) is 0 Å². The zero-order valence-electron chi connectivity index (χ0n) is 9.61. The fourth-order valence-corrected chi connectivity index (χ4v) is 2.30. The largest absolute Gasteiger partial charge is 0.336 e. The molecule has 92 valence electrons. The van der Waals surface area contributed by atoms with Crippen LogP contribution in [0.2, 0.25) is 5.15 Å². The minimum Gasteiger partial charge on any atom is -0.336 e. The molecule has 0 aliphatic carbocycles. The summed E-state index contributed by atoms with van der Waals surface area (Å²) < 4.78 is 0. The predicted molar refractivity (Wildman–Crippen MR) is 66.8 cm³/mol. The van der Waals surface area contributed by atoms with Gasteiger partial charge in [0.25, 0.3) is 5.91 Å². The Hall–Kier alpha value is -1.33. The number of nitrogens with one attached hydrogen (secondary N) is 1. The zero-order chi connectivity index (χ0) is 12.4. The second-order valence-electron chi connectivity index (χ2n) is 4.20. The number of amides is 1. The summed E-state index contributed by atoms with van der Waals surface area (Å²) in [6, 6.07) is 3.46. The Morgan fingerprint density at radius 1 is 1.65 bits per heavy atom. The standard InChI is InChI=1S/C11H15ClN4O/c1-7-3-2-4-16(7)11(17)8-5-9(12)14-10(6-8)15-13/h5-7H,2-4,13H2,1H3,(H,14,15). The van der Waals surface area contributed by atoms with Crippen LogP contribution in [-0.4, -0.2) is 28.4 Å². The van der Waals surface area contributed by atoms with Crippen LogP contribution < -0.4 is 11.3 Å². The molecule has 1 fully saturated rings. The van der Waals surface area contributed by atoms with Crippen LogP contribution in [-0.2, 0) is 0 Å². The Morgan fingerprint density at radius 3 is 3.00 bits per heavy atom. The molecule has 1 amide bonds. The first-order valence-electron chi connectivity index (χ1n) is 5.57. The minimum atomic E-state index is -0.0178. The van der Waals surface area contributed by atoms with E-state index in [4.69, 9.17) is 17.4 Å². The number of nitrogens with two attached hydrogens (primary N) is 1. The minimum absolute atomic E-state index is 0.0178. The summed E-state index contributed by atoms with van der Waals surface area (Å²) in [5, 5.41) is 0.260. The molecular formula is C11H15ClN4O. The highest BCUT2D eigenvalue weighted by Crippen LogP contribution is 2.21. The highest BCUT2D eigenvalue weighted by atomic mass is 35.5. The number of hydrogen-bond acceptors (Lipinski definition) is 4. The average Bonchev–Trinajstić information content (AvgIpc) is 2.73. The summed E-state index contributed by atoms with van der Waals surface area (Å²) in [4.78, 5) is 18.0. The second kappa shape index (κ2) is 4.89. The molecule has 1 atom stereocenters. The molecule has 0 bridgehead atoms. The van der Waals surface area contributed by atoms with Crippen LogP contribution in [0.25, 0.3) is 0 Å². The molecule has 0 saturated carbocycles. The summed E-state index contributed by atoms with van der Waals surface area (Å²) in [6.07, 6.45) is 2.10. The van der Waals surface area contributed by atoms with Crippen LogP contribution >= 0.6 is 11.6 Å². The topological polar surface area (TPSA) is 71.2 Å². The Kier molecular flexibility index (Phi) is 3.49. The smallest absolute Gasteiger partial charge is 0.254 e. The van der Waals surface area contributed by atoms with Crippen LogP contribution in [0.4, 0.5) is 5.82 Å². The maximum atomic E-state index is 12.2. The molecule has 0 aromatic carbocycles. The van der Waals surface area contributed by atoms with Gasteiger partial charge in [-0.05, 0) is 31.9 Å². The number of hydrogen-bond donors (Lipinski definition) is 2. The van der Waals surface area contributed by atoms with E-state index in [9.17, 15) is 4.79 Å². The van der Waals surface area contributed by atoms with Gasteiger partial charge < -0.3 is 10.3 Å². The third kappa shape index (κ3) is 2.50. The normalized spacial score (nSPS) is 19.5. The summed E-state index contributed by atoms with van der Waals surface area (Å²) in [5.74, 6) is 5.65. The van der Waals surface area contributed by atoms with E-state index >= 15 is 0 Å². The Labute approximate surface area is 105 Å². The Bertz CT molecular complexity index is 437. The van der Waals surface area contributed by atoms with Gasteiger partial charge >= 0.3 is 0 Å². The number of carbonyl (C=O) groups is 1. The summed E-state index contributed by atoms with van der Waals surface area (Å²) in [6.45, 7) is 2.85. The SMILES string of the molecule is CC1CCCN1C(=O)c1cc(Cl)nc(NN)c1. The van der Waals surface area contributed by atoms with Crippen molar-refractivity contribution in [2.45, 2.75) is 25.8 Å². The third-order valence-electron chi connectivity index (χ3n) is 3.00. The number of aromatic nitrogens is 1. The van der Waals surface area contributed by atoms with E-state index in [-0.39, 0.29) is 17.1 Å². The molecule has 1 aliphatic heterocycles. The predicted octanol–water partition coefficient (Wildman–Crippen LogP) is 1.65. The van der Waals surface area contributed by atoms with Gasteiger partial charge in [-0.2, -0.15) is 0 Å². The molecule has 1 aromatic heterocycles. The fourth-order valence-electron chi connectivity index (χ4n) is 2.10. The molecule has 6 heteroatoms. The number of likely N-dealkylation sites (tertiary alicyclic amines) is 1. The number of anilines is 1. The van der Waals surface area contributed by atoms with Crippen LogP contribution in [0.5, 0.6) is 0 Å². The second-order valence-corrected chi connectivity index (χ2v) is 4.59. The van der Waals surface area contributed by atoms with Gasteiger partial charge in [0.15, 0.2) is 0 Å². The van der Waals surface area contributed by atoms with E-state index in [1.54, 1.807) is 12.1 Å². The number of nitrogens with zero attached hydrogens (tertiary/aromatic N) is 2. The molecule has 5 nitrogen and oxygen atoms in total. The molecule has 1 saturated heterocycles. The van der Waals surface area contributed by atoms with Crippen LogP contribution in [0.1, 0.15) is 30.1 Å². The van der Waals surface area contributed by atoms with Crippen molar-refractivity contribution in [3.05, 3.63) is 22.8 Å². The van der Waals surface area contributed by atoms with E-state index in [2.05, 4.69) is 17.3 Å². The molecule has 0 radical (unpaired) electrons. The summed E-state index contributed by atoms with van der Waals surface area (Å²) in [7, 11) is 0. The van der Waals surface area contributed by atoms with E-state index in [1.165, 1.54) is 0 Å². The van der Waals surface area contributed by atoms with Gasteiger partial charge in [-0.1, -0.05) is 11.6 Å². The summed E-state index contributed by atoms with van der Waals surface area (Å²) in [5.41, 5.74) is 2.92. The third-order valence-corrected chi connectivity index (χ3v) is 3.20. The van der Waals surface area contributed by atoms with Crippen LogP contribution in [0.15, 0.2) is 12.1 Å². The molecule has 3 N–H and O–H groups in total. The van der Waals surface area contributed by atoms with Crippen LogP contribution in [0.3, 0.4) is 0 Å². The van der Waals surface area contributed by atoms with Gasteiger partial charge in [-0.3, -0.25) is 4.79 Å². The first kappa shape index (κ1) is 12.1. The van der Waals surface area contributed by atoms with Gasteiger partial charge in [0.2, 0.25) is 0 Å². The maximum Gasteiger partial charge on any atom is 0.254 e. The first-order valence-corrected chi connectivity index (χ1v) is 5.95. The lowest BCUT2D eigenvalue weighted by Gasteiger charge is -2.21.